The zero-order valence-electron chi connectivity index (χ0n) is 20.3. The molecule has 3 aromatic heterocycles. The van der Waals surface area contributed by atoms with Gasteiger partial charge < -0.3 is 5.32 Å². The molecule has 6 aromatic rings. The van der Waals surface area contributed by atoms with Crippen LogP contribution in [0.3, 0.4) is 0 Å². The highest BCUT2D eigenvalue weighted by Crippen LogP contribution is 2.33. The van der Waals surface area contributed by atoms with Crippen LogP contribution in [0, 0.1) is 0 Å². The Labute approximate surface area is 234 Å². The Morgan fingerprint density at radius 1 is 0.875 bits per heavy atom. The smallest absolute Gasteiger partial charge is 0.302 e. The third kappa shape index (κ3) is 4.99. The molecule has 6 rings (SSSR count). The van der Waals surface area contributed by atoms with Crippen molar-refractivity contribution in [2.75, 3.05) is 5.32 Å². The lowest BCUT2D eigenvalue weighted by Gasteiger charge is -2.11. The number of benzene rings is 3. The first-order valence-electron chi connectivity index (χ1n) is 11.9. The number of anilines is 1. The molecule has 0 radical (unpaired) electrons. The SMILES string of the molecule is O=C(Nc1nn(Cc2ccccc2Cl)cc1Cl)c1cc2nc(-c3ccc4ccccc4c3)cc(C(F)(F)F)n2n1. The van der Waals surface area contributed by atoms with E-state index >= 15 is 0 Å². The highest BCUT2D eigenvalue weighted by Gasteiger charge is 2.35. The molecule has 0 saturated heterocycles. The van der Waals surface area contributed by atoms with Gasteiger partial charge in [-0.05, 0) is 34.5 Å². The molecular formula is C28H17Cl2F3N6O. The topological polar surface area (TPSA) is 77.1 Å². The number of fused-ring (bicyclic) bond motifs is 2. The number of aromatic nitrogens is 5. The molecule has 0 unspecified atom stereocenters. The van der Waals surface area contributed by atoms with Crippen molar-refractivity contribution in [3.05, 3.63) is 112 Å². The Balaban J connectivity index is 1.33. The second-order valence-electron chi connectivity index (χ2n) is 8.95. The number of hydrogen-bond donors (Lipinski definition) is 1. The fourth-order valence-corrected chi connectivity index (χ4v) is 4.71. The molecule has 12 heteroatoms. The number of nitrogens with zero attached hydrogens (tertiary/aromatic N) is 5. The summed E-state index contributed by atoms with van der Waals surface area (Å²) in [5.74, 6) is -0.771. The van der Waals surface area contributed by atoms with Crippen molar-refractivity contribution in [2.24, 2.45) is 0 Å². The van der Waals surface area contributed by atoms with Gasteiger partial charge in [0, 0.05) is 22.8 Å². The minimum absolute atomic E-state index is 0.0247. The van der Waals surface area contributed by atoms with Crippen LogP contribution in [0.4, 0.5) is 19.0 Å². The number of nitrogens with one attached hydrogen (secondary N) is 1. The number of amides is 1. The number of alkyl halides is 3. The maximum Gasteiger partial charge on any atom is 0.433 e. The molecule has 0 saturated carbocycles. The molecule has 0 aliphatic carbocycles. The van der Waals surface area contributed by atoms with Crippen molar-refractivity contribution in [1.29, 1.82) is 0 Å². The molecule has 3 heterocycles. The predicted molar refractivity (Wildman–Crippen MR) is 147 cm³/mol. The van der Waals surface area contributed by atoms with Gasteiger partial charge in [0.15, 0.2) is 22.9 Å². The van der Waals surface area contributed by atoms with Crippen LogP contribution in [0.5, 0.6) is 0 Å². The zero-order chi connectivity index (χ0) is 28.0. The van der Waals surface area contributed by atoms with E-state index in [4.69, 9.17) is 23.2 Å². The summed E-state index contributed by atoms with van der Waals surface area (Å²) in [6.45, 7) is 0.292. The summed E-state index contributed by atoms with van der Waals surface area (Å²) in [5.41, 5.74) is -0.117. The molecule has 7 nitrogen and oxygen atoms in total. The van der Waals surface area contributed by atoms with E-state index in [0.717, 1.165) is 22.4 Å². The summed E-state index contributed by atoms with van der Waals surface area (Å²) in [7, 11) is 0. The average molecular weight is 581 g/mol. The summed E-state index contributed by atoms with van der Waals surface area (Å²) >= 11 is 12.5. The molecule has 0 atom stereocenters. The van der Waals surface area contributed by atoms with Crippen LogP contribution in [-0.4, -0.2) is 30.3 Å². The monoisotopic (exact) mass is 580 g/mol. The molecule has 0 bridgehead atoms. The van der Waals surface area contributed by atoms with E-state index in [1.165, 1.54) is 16.9 Å². The van der Waals surface area contributed by atoms with Gasteiger partial charge in [-0.2, -0.15) is 23.4 Å². The van der Waals surface area contributed by atoms with E-state index in [1.807, 2.05) is 42.5 Å². The molecule has 0 fully saturated rings. The third-order valence-electron chi connectivity index (χ3n) is 6.23. The van der Waals surface area contributed by atoms with Gasteiger partial charge in [0.25, 0.3) is 5.91 Å². The summed E-state index contributed by atoms with van der Waals surface area (Å²) in [5, 5.41) is 13.2. The normalized spacial score (nSPS) is 11.8. The molecule has 0 aliphatic rings. The molecule has 0 spiro atoms. The van der Waals surface area contributed by atoms with Gasteiger partial charge in [-0.1, -0.05) is 77.8 Å². The standard InChI is InChI=1S/C28H17Cl2F3N6O/c29-20-8-4-3-7-19(20)14-38-15-21(30)26(37-38)35-27(40)23-13-25-34-22(12-24(28(31,32)33)39(25)36-23)18-10-9-16-5-1-2-6-17(16)11-18/h1-13,15H,14H2,(H,35,37,40). The first kappa shape index (κ1) is 25.8. The van der Waals surface area contributed by atoms with E-state index in [9.17, 15) is 18.0 Å². The first-order valence-corrected chi connectivity index (χ1v) is 12.7. The minimum atomic E-state index is -4.76. The van der Waals surface area contributed by atoms with Crippen LogP contribution < -0.4 is 5.32 Å². The Morgan fingerprint density at radius 2 is 1.62 bits per heavy atom. The fourth-order valence-electron chi connectivity index (χ4n) is 4.32. The summed E-state index contributed by atoms with van der Waals surface area (Å²) in [6, 6.07) is 22.1. The second-order valence-corrected chi connectivity index (χ2v) is 9.77. The zero-order valence-corrected chi connectivity index (χ0v) is 21.8. The average Bonchev–Trinajstić information content (AvgIpc) is 3.51. The molecule has 1 amide bonds. The van der Waals surface area contributed by atoms with Gasteiger partial charge >= 0.3 is 6.18 Å². The van der Waals surface area contributed by atoms with Crippen LogP contribution in [0.2, 0.25) is 10.0 Å². The summed E-state index contributed by atoms with van der Waals surface area (Å²) < 4.78 is 44.3. The third-order valence-corrected chi connectivity index (χ3v) is 6.88. The van der Waals surface area contributed by atoms with Gasteiger partial charge in [-0.25, -0.2) is 9.50 Å². The predicted octanol–water partition coefficient (Wildman–Crippen LogP) is 7.37. The Morgan fingerprint density at radius 3 is 2.40 bits per heavy atom. The van der Waals surface area contributed by atoms with E-state index < -0.39 is 17.8 Å². The maximum absolute atomic E-state index is 14.1. The van der Waals surface area contributed by atoms with Gasteiger partial charge in [0.2, 0.25) is 0 Å². The lowest BCUT2D eigenvalue weighted by Crippen LogP contribution is -2.16. The first-order chi connectivity index (χ1) is 19.2. The maximum atomic E-state index is 14.1. The molecule has 3 aromatic carbocycles. The fraction of sp³-hybridized carbons (Fsp3) is 0.0714. The molecule has 40 heavy (non-hydrogen) atoms. The summed E-state index contributed by atoms with van der Waals surface area (Å²) in [4.78, 5) is 17.4. The molecular weight excluding hydrogens is 564 g/mol. The number of rotatable bonds is 5. The lowest BCUT2D eigenvalue weighted by atomic mass is 10.0. The second kappa shape index (κ2) is 9.96. The van der Waals surface area contributed by atoms with Crippen molar-refractivity contribution in [2.45, 2.75) is 12.7 Å². The van der Waals surface area contributed by atoms with Crippen molar-refractivity contribution in [3.63, 3.8) is 0 Å². The Bertz CT molecular complexity index is 1910. The van der Waals surface area contributed by atoms with Crippen molar-refractivity contribution in [3.8, 4) is 11.3 Å². The van der Waals surface area contributed by atoms with E-state index in [0.29, 0.717) is 21.6 Å². The van der Waals surface area contributed by atoms with E-state index in [2.05, 4.69) is 20.5 Å². The van der Waals surface area contributed by atoms with Crippen LogP contribution in [0.1, 0.15) is 21.7 Å². The summed E-state index contributed by atoms with van der Waals surface area (Å²) in [6.07, 6.45) is -3.25. The molecule has 1 N–H and O–H groups in total. The van der Waals surface area contributed by atoms with Gasteiger partial charge in [-0.15, -0.1) is 0 Å². The van der Waals surface area contributed by atoms with Gasteiger partial charge in [0.05, 0.1) is 12.2 Å². The molecule has 0 aliphatic heterocycles. The van der Waals surface area contributed by atoms with Gasteiger partial charge in [-0.3, -0.25) is 9.48 Å². The van der Waals surface area contributed by atoms with Crippen LogP contribution in [0.15, 0.2) is 85.1 Å². The largest absolute Gasteiger partial charge is 0.433 e. The van der Waals surface area contributed by atoms with Crippen molar-refractivity contribution < 1.29 is 18.0 Å². The van der Waals surface area contributed by atoms with Crippen molar-refractivity contribution in [1.82, 2.24) is 24.4 Å². The van der Waals surface area contributed by atoms with Gasteiger partial charge in [0.1, 0.15) is 5.02 Å². The van der Waals surface area contributed by atoms with Crippen LogP contribution in [-0.2, 0) is 12.7 Å². The minimum Gasteiger partial charge on any atom is -0.302 e. The molecule has 200 valence electrons. The Kier molecular flexibility index (Phi) is 6.44. The highest BCUT2D eigenvalue weighted by atomic mass is 35.5. The van der Waals surface area contributed by atoms with E-state index in [-0.39, 0.29) is 27.9 Å². The van der Waals surface area contributed by atoms with E-state index in [1.54, 1.807) is 24.3 Å². The highest BCUT2D eigenvalue weighted by molar-refractivity contribution is 6.33. The quantitative estimate of drug-likeness (QED) is 0.231. The lowest BCUT2D eigenvalue weighted by molar-refractivity contribution is -0.142. The van der Waals surface area contributed by atoms with Crippen molar-refractivity contribution >= 4 is 51.3 Å². The number of halogens is 5. The Hall–Kier alpha value is -4.41. The number of carbonyl (C=O) groups excluding carboxylic acids is 1. The number of carbonyl (C=O) groups is 1. The van der Waals surface area contributed by atoms with Crippen LogP contribution >= 0.6 is 23.2 Å². The van der Waals surface area contributed by atoms with Crippen LogP contribution in [0.25, 0.3) is 27.7 Å². The number of hydrogen-bond acceptors (Lipinski definition) is 4.